The number of nitrogens with zero attached hydrogens (tertiary/aromatic N) is 1. The Labute approximate surface area is 255 Å². The van der Waals surface area contributed by atoms with Crippen molar-refractivity contribution in [2.45, 2.75) is 109 Å². The third-order valence-corrected chi connectivity index (χ3v) is 6.46. The summed E-state index contributed by atoms with van der Waals surface area (Å²) >= 11 is 0. The van der Waals surface area contributed by atoms with Gasteiger partial charge in [0.15, 0.2) is 6.10 Å². The van der Waals surface area contributed by atoms with E-state index < -0.39 is 18.1 Å². The molecule has 0 amide bonds. The first-order valence-electron chi connectivity index (χ1n) is 15.7. The van der Waals surface area contributed by atoms with Gasteiger partial charge in [-0.1, -0.05) is 75.3 Å². The highest BCUT2D eigenvalue weighted by molar-refractivity contribution is 5.70. The quantitative estimate of drug-likeness (QED) is 0.0557. The molecule has 8 nitrogen and oxygen atoms in total. The van der Waals surface area contributed by atoms with E-state index in [1.807, 2.05) is 6.08 Å². The van der Waals surface area contributed by atoms with E-state index in [1.165, 1.54) is 12.8 Å². The third kappa shape index (κ3) is 23.9. The maximum Gasteiger partial charge on any atom is 0.306 e. The highest BCUT2D eigenvalue weighted by Gasteiger charge is 2.25. The lowest BCUT2D eigenvalue weighted by Crippen LogP contribution is -2.55. The lowest BCUT2D eigenvalue weighted by Gasteiger charge is -2.34. The zero-order valence-electron chi connectivity index (χ0n) is 26.9. The topological polar surface area (TPSA) is 102 Å². The molecule has 0 rings (SSSR count). The van der Waals surface area contributed by atoms with Crippen molar-refractivity contribution in [1.29, 1.82) is 0 Å². The molecule has 0 saturated heterocycles. The van der Waals surface area contributed by atoms with Gasteiger partial charge in [0.1, 0.15) is 12.6 Å². The fourth-order valence-corrected chi connectivity index (χ4v) is 3.99. The van der Waals surface area contributed by atoms with Crippen LogP contribution in [0.15, 0.2) is 48.6 Å². The maximum absolute atomic E-state index is 12.5. The average molecular weight is 592 g/mol. The van der Waals surface area contributed by atoms with Crippen LogP contribution >= 0.6 is 0 Å². The SMILES string of the molecule is CC/C=C/C/C=C/C/C=C/CCCC(=O)OC(COCCC(C(=O)[O-])[N+](C)(C)C)COC(=O)CC/C=C/CCCCC. The molecule has 0 aliphatic heterocycles. The Morgan fingerprint density at radius 2 is 1.36 bits per heavy atom. The lowest BCUT2D eigenvalue weighted by atomic mass is 10.1. The molecule has 0 aliphatic rings. The summed E-state index contributed by atoms with van der Waals surface area (Å²) in [7, 11) is 5.34. The van der Waals surface area contributed by atoms with Gasteiger partial charge < -0.3 is 28.6 Å². The first kappa shape index (κ1) is 39.3. The number of quaternary nitrogens is 1. The summed E-state index contributed by atoms with van der Waals surface area (Å²) in [5.41, 5.74) is 0. The molecule has 8 heteroatoms. The summed E-state index contributed by atoms with van der Waals surface area (Å²) < 4.78 is 16.8. The molecule has 0 bridgehead atoms. The molecule has 0 fully saturated rings. The predicted molar refractivity (Wildman–Crippen MR) is 166 cm³/mol. The molecule has 0 saturated carbocycles. The van der Waals surface area contributed by atoms with Crippen LogP contribution < -0.4 is 5.11 Å². The molecule has 0 spiro atoms. The van der Waals surface area contributed by atoms with Crippen molar-refractivity contribution < 1.29 is 38.2 Å². The Bertz CT molecular complexity index is 839. The predicted octanol–water partition coefficient (Wildman–Crippen LogP) is 5.62. The Balaban J connectivity index is 4.66. The van der Waals surface area contributed by atoms with E-state index in [4.69, 9.17) is 14.2 Å². The molecule has 42 heavy (non-hydrogen) atoms. The number of aliphatic carboxylic acids is 1. The molecule has 2 unspecified atom stereocenters. The number of carboxylic acids is 1. The van der Waals surface area contributed by atoms with Crippen molar-refractivity contribution in [2.24, 2.45) is 0 Å². The average Bonchev–Trinajstić information content (AvgIpc) is 2.92. The van der Waals surface area contributed by atoms with E-state index in [1.54, 1.807) is 21.1 Å². The molecule has 0 aliphatic carbocycles. The molecule has 2 atom stereocenters. The fraction of sp³-hybridized carbons (Fsp3) is 0.676. The third-order valence-electron chi connectivity index (χ3n) is 6.46. The van der Waals surface area contributed by atoms with Crippen molar-refractivity contribution in [3.8, 4) is 0 Å². The number of ether oxygens (including phenoxy) is 3. The molecule has 0 N–H and O–H groups in total. The molecule has 0 heterocycles. The number of esters is 2. The molecule has 0 aromatic rings. The van der Waals surface area contributed by atoms with Gasteiger partial charge in [0.2, 0.25) is 0 Å². The molecule has 0 aromatic heterocycles. The lowest BCUT2D eigenvalue weighted by molar-refractivity contribution is -0.889. The van der Waals surface area contributed by atoms with Crippen LogP contribution in [0.4, 0.5) is 0 Å². The standard InChI is InChI=1S/C34H57NO7/c1-6-8-10-12-14-15-16-17-19-21-23-25-33(37)42-30(28-40-27-26-31(34(38)39)35(3,4)5)29-41-32(36)24-22-20-18-13-11-9-7-2/h8,10,14-15,17-20,30-31H,6-7,9,11-13,16,21-29H2,1-5H3/b10-8+,15-14+,19-17+,20-18+. The number of carbonyl (C=O) groups excluding carboxylic acids is 3. The molecule has 0 aromatic carbocycles. The Hall–Kier alpha value is -2.71. The van der Waals surface area contributed by atoms with Crippen LogP contribution in [-0.2, 0) is 28.6 Å². The summed E-state index contributed by atoms with van der Waals surface area (Å²) in [5, 5.41) is 11.5. The number of carbonyl (C=O) groups is 3. The zero-order valence-corrected chi connectivity index (χ0v) is 26.9. The second-order valence-corrected chi connectivity index (χ2v) is 11.3. The van der Waals surface area contributed by atoms with Crippen LogP contribution in [0, 0.1) is 0 Å². The number of allylic oxidation sites excluding steroid dienone is 8. The molecular weight excluding hydrogens is 534 g/mol. The van der Waals surface area contributed by atoms with Gasteiger partial charge in [0.05, 0.1) is 40.3 Å². The minimum absolute atomic E-state index is 0.00689. The van der Waals surface area contributed by atoms with Gasteiger partial charge in [-0.15, -0.1) is 0 Å². The van der Waals surface area contributed by atoms with Crippen molar-refractivity contribution in [2.75, 3.05) is 41.0 Å². The van der Waals surface area contributed by atoms with Crippen molar-refractivity contribution in [3.63, 3.8) is 0 Å². The monoisotopic (exact) mass is 591 g/mol. The van der Waals surface area contributed by atoms with Crippen LogP contribution in [-0.4, -0.2) is 75.5 Å². The normalized spacial score (nSPS) is 13.8. The molecular formula is C34H57NO7. The van der Waals surface area contributed by atoms with E-state index in [-0.39, 0.29) is 55.5 Å². The second kappa shape index (κ2) is 26.0. The minimum atomic E-state index is -1.14. The van der Waals surface area contributed by atoms with Crippen LogP contribution in [0.5, 0.6) is 0 Å². The smallest absolute Gasteiger partial charge is 0.306 e. The van der Waals surface area contributed by atoms with Crippen molar-refractivity contribution in [1.82, 2.24) is 0 Å². The summed E-state index contributed by atoms with van der Waals surface area (Å²) in [4.78, 5) is 36.2. The Morgan fingerprint density at radius 3 is 2.00 bits per heavy atom. The maximum atomic E-state index is 12.5. The Kier molecular flexibility index (Phi) is 24.3. The largest absolute Gasteiger partial charge is 0.544 e. The van der Waals surface area contributed by atoms with Crippen molar-refractivity contribution in [3.05, 3.63) is 48.6 Å². The highest BCUT2D eigenvalue weighted by Crippen LogP contribution is 2.09. The summed E-state index contributed by atoms with van der Waals surface area (Å²) in [6.07, 6.45) is 26.1. The van der Waals surface area contributed by atoms with Crippen molar-refractivity contribution >= 4 is 17.9 Å². The van der Waals surface area contributed by atoms with E-state index in [9.17, 15) is 19.5 Å². The number of carboxylic acid groups (broad SMARTS) is 1. The molecule has 0 radical (unpaired) electrons. The van der Waals surface area contributed by atoms with E-state index in [2.05, 4.69) is 56.4 Å². The van der Waals surface area contributed by atoms with Gasteiger partial charge in [0, 0.05) is 19.3 Å². The van der Waals surface area contributed by atoms with Gasteiger partial charge in [-0.05, 0) is 51.4 Å². The van der Waals surface area contributed by atoms with Gasteiger partial charge in [-0.25, -0.2) is 0 Å². The number of likely N-dealkylation sites (N-methyl/N-ethyl adjacent to an activating group) is 1. The summed E-state index contributed by atoms with van der Waals surface area (Å²) in [6.45, 7) is 4.32. The van der Waals surface area contributed by atoms with Gasteiger partial charge in [-0.2, -0.15) is 0 Å². The van der Waals surface area contributed by atoms with Crippen LogP contribution in [0.1, 0.15) is 97.3 Å². The van der Waals surface area contributed by atoms with Gasteiger partial charge in [-0.3, -0.25) is 9.59 Å². The first-order chi connectivity index (χ1) is 20.1. The number of unbranched alkanes of at least 4 members (excludes halogenated alkanes) is 4. The minimum Gasteiger partial charge on any atom is -0.544 e. The molecule has 240 valence electrons. The summed E-state index contributed by atoms with van der Waals surface area (Å²) in [5.74, 6) is -1.89. The van der Waals surface area contributed by atoms with Crippen LogP contribution in [0.25, 0.3) is 0 Å². The van der Waals surface area contributed by atoms with Crippen LogP contribution in [0.3, 0.4) is 0 Å². The number of hydrogen-bond acceptors (Lipinski definition) is 7. The zero-order chi connectivity index (χ0) is 31.5. The van der Waals surface area contributed by atoms with E-state index >= 15 is 0 Å². The number of rotatable bonds is 26. The van der Waals surface area contributed by atoms with Gasteiger partial charge in [0.25, 0.3) is 0 Å². The second-order valence-electron chi connectivity index (χ2n) is 11.3. The van der Waals surface area contributed by atoms with E-state index in [0.717, 1.165) is 38.5 Å². The highest BCUT2D eigenvalue weighted by atomic mass is 16.6. The fourth-order valence-electron chi connectivity index (χ4n) is 3.99. The first-order valence-corrected chi connectivity index (χ1v) is 15.7. The Morgan fingerprint density at radius 1 is 0.738 bits per heavy atom. The van der Waals surface area contributed by atoms with Gasteiger partial charge >= 0.3 is 11.9 Å². The summed E-state index contributed by atoms with van der Waals surface area (Å²) in [6, 6.07) is -0.736. The van der Waals surface area contributed by atoms with E-state index in [0.29, 0.717) is 12.8 Å². The number of hydrogen-bond donors (Lipinski definition) is 0. The van der Waals surface area contributed by atoms with Crippen LogP contribution in [0.2, 0.25) is 0 Å².